The Labute approximate surface area is 136 Å². The van der Waals surface area contributed by atoms with Crippen LogP contribution in [0.15, 0.2) is 36.0 Å². The number of tetrazole rings is 1. The first-order chi connectivity index (χ1) is 11.2. The molecule has 3 rings (SSSR count). The smallest absolute Gasteiger partial charge is 0.237 e. The molecule has 1 aliphatic heterocycles. The number of fused-ring (bicyclic) bond motifs is 1. The van der Waals surface area contributed by atoms with E-state index in [1.54, 1.807) is 35.9 Å². The van der Waals surface area contributed by atoms with E-state index >= 15 is 0 Å². The molecule has 1 N–H and O–H groups in total. The maximum absolute atomic E-state index is 12.3. The largest absolute Gasteiger partial charge is 0.454 e. The summed E-state index contributed by atoms with van der Waals surface area (Å²) in [5.74, 6) is 1.15. The van der Waals surface area contributed by atoms with E-state index in [9.17, 15) is 4.79 Å². The monoisotopic (exact) mass is 333 g/mol. The number of thioether (sulfide) groups is 1. The van der Waals surface area contributed by atoms with Gasteiger partial charge >= 0.3 is 0 Å². The van der Waals surface area contributed by atoms with Gasteiger partial charge in [-0.1, -0.05) is 17.8 Å². The molecule has 0 saturated carbocycles. The molecule has 0 radical (unpaired) electrons. The van der Waals surface area contributed by atoms with Crippen molar-refractivity contribution < 1.29 is 14.3 Å². The zero-order valence-electron chi connectivity index (χ0n) is 12.4. The van der Waals surface area contributed by atoms with Crippen LogP contribution in [0.3, 0.4) is 0 Å². The first-order valence-electron chi connectivity index (χ1n) is 6.91. The van der Waals surface area contributed by atoms with Gasteiger partial charge in [0.2, 0.25) is 17.9 Å². The molecule has 23 heavy (non-hydrogen) atoms. The van der Waals surface area contributed by atoms with Gasteiger partial charge in [-0.05, 0) is 29.5 Å². The number of nitrogens with one attached hydrogen (secondary N) is 1. The van der Waals surface area contributed by atoms with Crippen LogP contribution in [0.4, 0.5) is 5.69 Å². The predicted molar refractivity (Wildman–Crippen MR) is 84.5 cm³/mol. The normalized spacial score (nSPS) is 13.6. The minimum atomic E-state index is -0.366. The second kappa shape index (κ2) is 6.69. The quantitative estimate of drug-likeness (QED) is 0.635. The first kappa shape index (κ1) is 15.3. The van der Waals surface area contributed by atoms with Crippen LogP contribution in [-0.4, -0.2) is 38.2 Å². The average molecular weight is 333 g/mol. The number of aromatic nitrogens is 4. The fraction of sp³-hybridized carbons (Fsp3) is 0.286. The summed E-state index contributed by atoms with van der Waals surface area (Å²) in [5, 5.41) is 14.4. The third-order valence-corrected chi connectivity index (χ3v) is 4.16. The molecule has 0 fully saturated rings. The lowest BCUT2D eigenvalue weighted by Gasteiger charge is -2.11. The number of benzene rings is 1. The molecule has 1 aromatic heterocycles. The van der Waals surface area contributed by atoms with Crippen molar-refractivity contribution in [2.45, 2.75) is 23.9 Å². The molecular weight excluding hydrogens is 318 g/mol. The zero-order valence-corrected chi connectivity index (χ0v) is 13.2. The number of carbonyl (C=O) groups excluding carboxylic acids is 1. The van der Waals surface area contributed by atoms with Crippen molar-refractivity contribution in [2.75, 3.05) is 12.1 Å². The van der Waals surface area contributed by atoms with Crippen molar-refractivity contribution in [3.8, 4) is 11.5 Å². The van der Waals surface area contributed by atoms with Crippen LogP contribution in [0.2, 0.25) is 0 Å². The Bertz CT molecular complexity index is 733. The highest BCUT2D eigenvalue weighted by atomic mass is 32.2. The molecule has 1 atom stereocenters. The number of hydrogen-bond acceptors (Lipinski definition) is 7. The molecule has 0 saturated heterocycles. The van der Waals surface area contributed by atoms with Gasteiger partial charge in [0.05, 0.1) is 11.8 Å². The lowest BCUT2D eigenvalue weighted by molar-refractivity contribution is -0.115. The van der Waals surface area contributed by atoms with Gasteiger partial charge in [-0.2, -0.15) is 0 Å². The zero-order chi connectivity index (χ0) is 16.2. The third kappa shape index (κ3) is 3.45. The lowest BCUT2D eigenvalue weighted by Crippen LogP contribution is -2.23. The summed E-state index contributed by atoms with van der Waals surface area (Å²) in [6.45, 7) is 6.13. The van der Waals surface area contributed by atoms with Gasteiger partial charge in [0, 0.05) is 11.8 Å². The van der Waals surface area contributed by atoms with Gasteiger partial charge in [-0.15, -0.1) is 11.7 Å². The highest BCUT2D eigenvalue weighted by Gasteiger charge is 2.20. The van der Waals surface area contributed by atoms with Crippen LogP contribution in [0.5, 0.6) is 11.5 Å². The summed E-state index contributed by atoms with van der Waals surface area (Å²) >= 11 is 1.28. The molecule has 8 nitrogen and oxygen atoms in total. The Hall–Kier alpha value is -2.55. The summed E-state index contributed by atoms with van der Waals surface area (Å²) in [5.41, 5.74) is 0.650. The van der Waals surface area contributed by atoms with E-state index < -0.39 is 0 Å². The number of allylic oxidation sites excluding steroid dienone is 1. The minimum Gasteiger partial charge on any atom is -0.454 e. The van der Waals surface area contributed by atoms with Gasteiger partial charge in [0.1, 0.15) is 0 Å². The lowest BCUT2D eigenvalue weighted by atomic mass is 10.2. The first-order valence-corrected chi connectivity index (χ1v) is 7.79. The van der Waals surface area contributed by atoms with Crippen LogP contribution >= 0.6 is 11.8 Å². The Balaban J connectivity index is 1.63. The maximum atomic E-state index is 12.3. The van der Waals surface area contributed by atoms with Crippen LogP contribution in [0.25, 0.3) is 0 Å². The van der Waals surface area contributed by atoms with Crippen molar-refractivity contribution in [3.05, 3.63) is 30.9 Å². The number of hydrogen-bond donors (Lipinski definition) is 1. The van der Waals surface area contributed by atoms with Gasteiger partial charge in [0.25, 0.3) is 0 Å². The molecule has 0 spiro atoms. The predicted octanol–water partition coefficient (Wildman–Crippen LogP) is 1.71. The fourth-order valence-corrected chi connectivity index (χ4v) is 2.75. The summed E-state index contributed by atoms with van der Waals surface area (Å²) in [6, 6.07) is 5.27. The van der Waals surface area contributed by atoms with E-state index in [1.807, 2.05) is 0 Å². The second-order valence-corrected chi connectivity index (χ2v) is 6.06. The SMILES string of the molecule is C=CCn1nnnc1S[C@H](C)C(=O)Nc1ccc2c(c1)OCO2. The Kier molecular flexibility index (Phi) is 4.47. The summed E-state index contributed by atoms with van der Waals surface area (Å²) < 4.78 is 12.1. The number of carbonyl (C=O) groups is 1. The Morgan fingerprint density at radius 1 is 1.52 bits per heavy atom. The molecule has 120 valence electrons. The minimum absolute atomic E-state index is 0.151. The van der Waals surface area contributed by atoms with Crippen molar-refractivity contribution in [1.82, 2.24) is 20.2 Å². The molecule has 1 aromatic carbocycles. The van der Waals surface area contributed by atoms with Crippen molar-refractivity contribution in [3.63, 3.8) is 0 Å². The van der Waals surface area contributed by atoms with Crippen molar-refractivity contribution >= 4 is 23.4 Å². The van der Waals surface area contributed by atoms with Gasteiger partial charge in [-0.3, -0.25) is 4.79 Å². The molecule has 1 amide bonds. The standard InChI is InChI=1S/C14H15N5O3S/c1-3-6-19-14(16-17-18-19)23-9(2)13(20)15-10-4-5-11-12(7-10)22-8-21-11/h3-5,7,9H,1,6,8H2,2H3,(H,15,20)/t9-/m1/s1. The summed E-state index contributed by atoms with van der Waals surface area (Å²) in [6.07, 6.45) is 1.69. The Morgan fingerprint density at radius 2 is 2.35 bits per heavy atom. The number of nitrogens with zero attached hydrogens (tertiary/aromatic N) is 4. The molecule has 0 unspecified atom stereocenters. The highest BCUT2D eigenvalue weighted by molar-refractivity contribution is 8.00. The van der Waals surface area contributed by atoms with Crippen molar-refractivity contribution in [2.24, 2.45) is 0 Å². The van der Waals surface area contributed by atoms with Crippen LogP contribution in [-0.2, 0) is 11.3 Å². The van der Waals surface area contributed by atoms with E-state index in [1.165, 1.54) is 11.8 Å². The number of amides is 1. The van der Waals surface area contributed by atoms with E-state index in [-0.39, 0.29) is 18.0 Å². The number of ether oxygens (including phenoxy) is 2. The topological polar surface area (TPSA) is 91.2 Å². The maximum Gasteiger partial charge on any atom is 0.237 e. The average Bonchev–Trinajstić information content (AvgIpc) is 3.16. The third-order valence-electron chi connectivity index (χ3n) is 3.09. The molecule has 2 heterocycles. The Morgan fingerprint density at radius 3 is 3.17 bits per heavy atom. The molecule has 1 aliphatic rings. The summed E-state index contributed by atoms with van der Waals surface area (Å²) in [4.78, 5) is 12.3. The number of rotatable bonds is 6. The molecule has 2 aromatic rings. The number of anilines is 1. The molecule has 0 aliphatic carbocycles. The van der Waals surface area contributed by atoms with Gasteiger partial charge in [0.15, 0.2) is 11.5 Å². The van der Waals surface area contributed by atoms with Crippen LogP contribution < -0.4 is 14.8 Å². The van der Waals surface area contributed by atoms with E-state index in [0.29, 0.717) is 28.9 Å². The molecule has 0 bridgehead atoms. The molecule has 9 heteroatoms. The van der Waals surface area contributed by atoms with Gasteiger partial charge < -0.3 is 14.8 Å². The second-order valence-electron chi connectivity index (χ2n) is 4.75. The molecular formula is C14H15N5O3S. The van der Waals surface area contributed by atoms with E-state index in [2.05, 4.69) is 27.4 Å². The summed E-state index contributed by atoms with van der Waals surface area (Å²) in [7, 11) is 0. The fourth-order valence-electron chi connectivity index (χ4n) is 1.95. The van der Waals surface area contributed by atoms with E-state index in [0.717, 1.165) is 0 Å². The van der Waals surface area contributed by atoms with E-state index in [4.69, 9.17) is 9.47 Å². The van der Waals surface area contributed by atoms with Gasteiger partial charge in [-0.25, -0.2) is 4.68 Å². The van der Waals surface area contributed by atoms with Crippen LogP contribution in [0.1, 0.15) is 6.92 Å². The van der Waals surface area contributed by atoms with Crippen LogP contribution in [0, 0.1) is 0 Å². The highest BCUT2D eigenvalue weighted by Crippen LogP contribution is 2.34. The van der Waals surface area contributed by atoms with Crippen molar-refractivity contribution in [1.29, 1.82) is 0 Å².